The summed E-state index contributed by atoms with van der Waals surface area (Å²) in [5.41, 5.74) is 1.27. The van der Waals surface area contributed by atoms with Crippen molar-refractivity contribution in [2.45, 2.75) is 25.6 Å². The van der Waals surface area contributed by atoms with Crippen LogP contribution < -0.4 is 0 Å². The predicted molar refractivity (Wildman–Crippen MR) is 92.2 cm³/mol. The number of hydrogen-bond acceptors (Lipinski definition) is 2. The molecule has 3 aliphatic rings. The molecule has 1 heterocycles. The van der Waals surface area contributed by atoms with Gasteiger partial charge in [0.2, 0.25) is 0 Å². The van der Waals surface area contributed by atoms with Crippen LogP contribution >= 0.6 is 0 Å². The Hall–Kier alpha value is -0.631. The van der Waals surface area contributed by atoms with Crippen LogP contribution in [0, 0.1) is 63.7 Å². The minimum Gasteiger partial charge on any atom is -0.297 e. The van der Waals surface area contributed by atoms with Crippen LogP contribution in [0.15, 0.2) is 30.3 Å². The molecule has 0 aromatic heterocycles. The van der Waals surface area contributed by atoms with Gasteiger partial charge >= 0.3 is 17.1 Å². The first-order valence-electron chi connectivity index (χ1n) is 7.99. The van der Waals surface area contributed by atoms with Crippen LogP contribution in [0.25, 0.3) is 0 Å². The monoisotopic (exact) mass is 359 g/mol. The molecule has 1 aromatic carbocycles. The zero-order chi connectivity index (χ0) is 16.1. The first-order chi connectivity index (χ1) is 11.3. The molecule has 10 radical (unpaired) electrons. The predicted octanol–water partition coefficient (Wildman–Crippen LogP) is 3.25. The summed E-state index contributed by atoms with van der Waals surface area (Å²) in [6.07, 6.45) is 17.6. The van der Waals surface area contributed by atoms with Crippen molar-refractivity contribution in [3.05, 3.63) is 99.6 Å². The van der Waals surface area contributed by atoms with Gasteiger partial charge in [0.25, 0.3) is 0 Å². The Bertz CT molecular complexity index is 486. The topological polar surface area (TPSA) is 20.1 Å². The van der Waals surface area contributed by atoms with Gasteiger partial charge in [0.15, 0.2) is 5.78 Å². The molecule has 4 rings (SSSR count). The molecule has 1 unspecified atom stereocenters. The molecular weight excluding hydrogens is 338 g/mol. The molecule has 24 heavy (non-hydrogen) atoms. The van der Waals surface area contributed by atoms with Gasteiger partial charge in [0.05, 0.1) is 12.0 Å². The number of carbonyl (C=O) groups excluding carboxylic acids is 1. The molecule has 0 N–H and O–H groups in total. The van der Waals surface area contributed by atoms with Crippen molar-refractivity contribution >= 4 is 5.78 Å². The molecule has 1 aliphatic heterocycles. The number of Topliss-reactive ketones (excluding diaryl/α,β-unsaturated/α-hetero) is 1. The van der Waals surface area contributed by atoms with E-state index in [0.29, 0.717) is 6.04 Å². The fourth-order valence-electron chi connectivity index (χ4n) is 2.84. The molecule has 3 heteroatoms. The van der Waals surface area contributed by atoms with E-state index in [0.717, 1.165) is 12.5 Å². The molecule has 1 aromatic rings. The van der Waals surface area contributed by atoms with Crippen LogP contribution in [0.4, 0.5) is 0 Å². The van der Waals surface area contributed by atoms with Crippen molar-refractivity contribution < 1.29 is 21.9 Å². The van der Waals surface area contributed by atoms with Crippen LogP contribution in [0.2, 0.25) is 0 Å². The molecular formula is C21H21FeNO+2. The smallest absolute Gasteiger partial charge is 0.297 e. The van der Waals surface area contributed by atoms with E-state index >= 15 is 0 Å². The molecule has 2 nitrogen and oxygen atoms in total. The maximum atomic E-state index is 12.2. The summed E-state index contributed by atoms with van der Waals surface area (Å²) in [4.78, 5) is 14.5. The number of carbonyl (C=O) groups is 1. The van der Waals surface area contributed by atoms with E-state index < -0.39 is 0 Å². The Morgan fingerprint density at radius 2 is 1.46 bits per heavy atom. The Kier molecular flexibility index (Phi) is 8.00. The Labute approximate surface area is 157 Å². The van der Waals surface area contributed by atoms with Crippen LogP contribution in [-0.4, -0.2) is 22.8 Å². The largest absolute Gasteiger partial charge is 2.00 e. The van der Waals surface area contributed by atoms with Gasteiger partial charge in [0, 0.05) is 12.6 Å². The summed E-state index contributed by atoms with van der Waals surface area (Å²) >= 11 is 0. The molecule has 2 saturated carbocycles. The Morgan fingerprint density at radius 1 is 0.917 bits per heavy atom. The Balaban J connectivity index is 0.000000300. The summed E-state index contributed by atoms with van der Waals surface area (Å²) in [5, 5.41) is 0. The zero-order valence-corrected chi connectivity index (χ0v) is 14.8. The minimum absolute atomic E-state index is 0. The van der Waals surface area contributed by atoms with E-state index in [1.54, 1.807) is 0 Å². The Morgan fingerprint density at radius 3 is 2.00 bits per heavy atom. The SMILES string of the molecule is C[C@@H]1[C@@H](C(=O)[C]2[CH][CH][CH][CH]2)N1Cc1ccccc1.[CH]1[CH][CH][CH][CH]1.[Fe+2]. The van der Waals surface area contributed by atoms with Crippen LogP contribution in [0.5, 0.6) is 0 Å². The molecule has 1 saturated heterocycles. The summed E-state index contributed by atoms with van der Waals surface area (Å²) in [6, 6.07) is 10.7. The summed E-state index contributed by atoms with van der Waals surface area (Å²) < 4.78 is 0. The number of benzene rings is 1. The third-order valence-electron chi connectivity index (χ3n) is 4.23. The second-order valence-corrected chi connectivity index (χ2v) is 5.84. The number of ketones is 1. The summed E-state index contributed by atoms with van der Waals surface area (Å²) in [6.45, 7) is 2.98. The van der Waals surface area contributed by atoms with Crippen molar-refractivity contribution in [2.24, 2.45) is 0 Å². The number of hydrogen-bond donors (Lipinski definition) is 0. The van der Waals surface area contributed by atoms with Gasteiger partial charge in [-0.2, -0.15) is 0 Å². The molecule has 0 amide bonds. The first-order valence-corrected chi connectivity index (χ1v) is 7.99. The van der Waals surface area contributed by atoms with Crippen LogP contribution in [0.1, 0.15) is 12.5 Å². The van der Waals surface area contributed by atoms with E-state index in [1.807, 2.05) is 76.0 Å². The van der Waals surface area contributed by atoms with E-state index in [2.05, 4.69) is 24.0 Å². The van der Waals surface area contributed by atoms with Crippen molar-refractivity contribution in [2.75, 3.05) is 0 Å². The van der Waals surface area contributed by atoms with Gasteiger partial charge < -0.3 is 0 Å². The average Bonchev–Trinajstić information content (AvgIpc) is 3.13. The maximum Gasteiger partial charge on any atom is 2.00 e. The van der Waals surface area contributed by atoms with Crippen molar-refractivity contribution in [3.63, 3.8) is 0 Å². The first kappa shape index (κ1) is 19.7. The standard InChI is InChI=1S/C16H16NO.C5H5.Fe/c1-12-15(16(18)14-9-5-6-10-14)17(12)11-13-7-3-2-4-8-13;1-2-4-5-3-1;/h2-10,12,15H,11H2,1H3;1-5H;/q;;+2/t12-,15+,17?;;/m1../s1. The number of nitrogens with zero attached hydrogens (tertiary/aromatic N) is 1. The van der Waals surface area contributed by atoms with Gasteiger partial charge in [0.1, 0.15) is 0 Å². The minimum atomic E-state index is 0. The quantitative estimate of drug-likeness (QED) is 0.608. The molecule has 2 aliphatic carbocycles. The van der Waals surface area contributed by atoms with Gasteiger partial charge in [-0.15, -0.1) is 0 Å². The maximum absolute atomic E-state index is 12.2. The third-order valence-corrected chi connectivity index (χ3v) is 4.23. The van der Waals surface area contributed by atoms with Gasteiger partial charge in [-0.3, -0.25) is 9.69 Å². The zero-order valence-electron chi connectivity index (χ0n) is 13.7. The van der Waals surface area contributed by atoms with E-state index in [1.165, 1.54) is 5.56 Å². The average molecular weight is 359 g/mol. The molecule has 3 fully saturated rings. The van der Waals surface area contributed by atoms with Crippen molar-refractivity contribution in [1.29, 1.82) is 0 Å². The second-order valence-electron chi connectivity index (χ2n) is 5.84. The van der Waals surface area contributed by atoms with Crippen LogP contribution in [-0.2, 0) is 28.4 Å². The van der Waals surface area contributed by atoms with Gasteiger partial charge in [-0.05, 0) is 70.3 Å². The van der Waals surface area contributed by atoms with E-state index in [-0.39, 0.29) is 28.9 Å². The fraction of sp³-hybridized carbons (Fsp3) is 0.190. The number of rotatable bonds is 4. The van der Waals surface area contributed by atoms with Crippen molar-refractivity contribution in [1.82, 2.24) is 4.90 Å². The van der Waals surface area contributed by atoms with E-state index in [4.69, 9.17) is 0 Å². The van der Waals surface area contributed by atoms with Crippen molar-refractivity contribution in [3.8, 4) is 0 Å². The normalized spacial score (nSPS) is 28.6. The fourth-order valence-corrected chi connectivity index (χ4v) is 2.84. The van der Waals surface area contributed by atoms with Gasteiger partial charge in [-0.1, -0.05) is 30.3 Å². The second kappa shape index (κ2) is 9.75. The van der Waals surface area contributed by atoms with Gasteiger partial charge in [-0.25, -0.2) is 0 Å². The molecule has 122 valence electrons. The molecule has 0 bridgehead atoms. The summed E-state index contributed by atoms with van der Waals surface area (Å²) in [7, 11) is 0. The summed E-state index contributed by atoms with van der Waals surface area (Å²) in [5.74, 6) is 1.09. The third kappa shape index (κ3) is 5.18. The molecule has 3 atom stereocenters. The van der Waals surface area contributed by atoms with E-state index in [9.17, 15) is 4.79 Å². The van der Waals surface area contributed by atoms with Crippen LogP contribution in [0.3, 0.4) is 0 Å². The molecule has 0 spiro atoms.